The third kappa shape index (κ3) is 4.90. The first-order valence-electron chi connectivity index (χ1n) is 9.49. The van der Waals surface area contributed by atoms with E-state index in [0.29, 0.717) is 50.0 Å². The lowest BCUT2D eigenvalue weighted by atomic mass is 10.2. The van der Waals surface area contributed by atoms with Gasteiger partial charge in [-0.15, -0.1) is 0 Å². The second-order valence-corrected chi connectivity index (χ2v) is 7.25. The number of H-pyrrole nitrogens is 1. The van der Waals surface area contributed by atoms with Crippen LogP contribution in [0.3, 0.4) is 0 Å². The Morgan fingerprint density at radius 2 is 1.67 bits per heavy atom. The molecule has 0 saturated carbocycles. The molecule has 1 aromatic heterocycles. The van der Waals surface area contributed by atoms with Crippen molar-refractivity contribution in [2.24, 2.45) is 5.92 Å². The number of aromatic nitrogens is 1. The second-order valence-electron chi connectivity index (χ2n) is 7.25. The fourth-order valence-corrected chi connectivity index (χ4v) is 3.10. The molecule has 1 aliphatic heterocycles. The standard InChI is InChI=1S/C21H27N3O3/c1-16(2)15-27-18-8-6-17(7-9-18)20(25)23-11-4-12-24(14-13-23)21(26)19-5-3-10-22-19/h3,5-10,16,22H,4,11-15H2,1-2H3. The molecule has 0 bridgehead atoms. The Morgan fingerprint density at radius 1 is 1.00 bits per heavy atom. The van der Waals surface area contributed by atoms with Crippen LogP contribution in [0.5, 0.6) is 5.75 Å². The molecule has 0 atom stereocenters. The maximum absolute atomic E-state index is 12.8. The molecule has 1 aliphatic rings. The quantitative estimate of drug-likeness (QED) is 0.881. The van der Waals surface area contributed by atoms with E-state index in [2.05, 4.69) is 18.8 Å². The highest BCUT2D eigenvalue weighted by Gasteiger charge is 2.23. The molecule has 1 fully saturated rings. The Morgan fingerprint density at radius 3 is 2.26 bits per heavy atom. The minimum atomic E-state index is -0.0130. The molecule has 0 unspecified atom stereocenters. The van der Waals surface area contributed by atoms with E-state index in [1.54, 1.807) is 12.3 Å². The second kappa shape index (κ2) is 8.75. The van der Waals surface area contributed by atoms with E-state index in [-0.39, 0.29) is 11.8 Å². The SMILES string of the molecule is CC(C)COc1ccc(C(=O)N2CCCN(C(=O)c3ccc[nH]3)CC2)cc1. The number of benzene rings is 1. The highest BCUT2D eigenvalue weighted by atomic mass is 16.5. The fourth-order valence-electron chi connectivity index (χ4n) is 3.10. The molecule has 2 aromatic rings. The number of hydrogen-bond donors (Lipinski definition) is 1. The van der Waals surface area contributed by atoms with E-state index < -0.39 is 0 Å². The minimum absolute atomic E-state index is 0.000387. The van der Waals surface area contributed by atoms with Gasteiger partial charge in [0.1, 0.15) is 11.4 Å². The number of carbonyl (C=O) groups excluding carboxylic acids is 2. The van der Waals surface area contributed by atoms with Gasteiger partial charge in [0.25, 0.3) is 11.8 Å². The van der Waals surface area contributed by atoms with Crippen LogP contribution in [0.25, 0.3) is 0 Å². The maximum atomic E-state index is 12.8. The molecule has 1 aromatic carbocycles. The average molecular weight is 369 g/mol. The van der Waals surface area contributed by atoms with Crippen LogP contribution in [0.15, 0.2) is 42.6 Å². The van der Waals surface area contributed by atoms with Crippen LogP contribution >= 0.6 is 0 Å². The first-order valence-corrected chi connectivity index (χ1v) is 9.49. The van der Waals surface area contributed by atoms with Crippen molar-refractivity contribution in [1.82, 2.24) is 14.8 Å². The van der Waals surface area contributed by atoms with E-state index in [1.807, 2.05) is 40.1 Å². The van der Waals surface area contributed by atoms with E-state index in [9.17, 15) is 9.59 Å². The number of carbonyl (C=O) groups is 2. The molecule has 0 aliphatic carbocycles. The Labute approximate surface area is 160 Å². The van der Waals surface area contributed by atoms with Crippen molar-refractivity contribution in [2.45, 2.75) is 20.3 Å². The monoisotopic (exact) mass is 369 g/mol. The molecule has 144 valence electrons. The summed E-state index contributed by atoms with van der Waals surface area (Å²) in [4.78, 5) is 31.9. The summed E-state index contributed by atoms with van der Waals surface area (Å²) < 4.78 is 5.67. The Kier molecular flexibility index (Phi) is 6.16. The zero-order chi connectivity index (χ0) is 19.2. The van der Waals surface area contributed by atoms with Crippen LogP contribution in [-0.4, -0.2) is 59.4 Å². The van der Waals surface area contributed by atoms with E-state index in [1.165, 1.54) is 0 Å². The Bertz CT molecular complexity index is 753. The molecular weight excluding hydrogens is 342 g/mol. The van der Waals surface area contributed by atoms with Crippen LogP contribution in [0.4, 0.5) is 0 Å². The number of nitrogens with zero attached hydrogens (tertiary/aromatic N) is 2. The van der Waals surface area contributed by atoms with Gasteiger partial charge >= 0.3 is 0 Å². The number of hydrogen-bond acceptors (Lipinski definition) is 3. The molecule has 1 saturated heterocycles. The summed E-state index contributed by atoms with van der Waals surface area (Å²) in [5, 5.41) is 0. The summed E-state index contributed by atoms with van der Waals surface area (Å²) >= 11 is 0. The molecule has 3 rings (SSSR count). The predicted octanol–water partition coefficient (Wildman–Crippen LogP) is 3.04. The number of rotatable bonds is 5. The van der Waals surface area contributed by atoms with Gasteiger partial charge in [-0.1, -0.05) is 13.8 Å². The van der Waals surface area contributed by atoms with Crippen LogP contribution in [-0.2, 0) is 0 Å². The molecule has 0 spiro atoms. The summed E-state index contributed by atoms with van der Waals surface area (Å²) in [6.07, 6.45) is 2.52. The molecule has 2 amide bonds. The summed E-state index contributed by atoms with van der Waals surface area (Å²) in [6, 6.07) is 10.9. The number of aromatic amines is 1. The van der Waals surface area contributed by atoms with Crippen molar-refractivity contribution < 1.29 is 14.3 Å². The highest BCUT2D eigenvalue weighted by molar-refractivity contribution is 5.95. The van der Waals surface area contributed by atoms with E-state index in [0.717, 1.165) is 12.2 Å². The Balaban J connectivity index is 1.58. The van der Waals surface area contributed by atoms with Crippen molar-refractivity contribution in [3.63, 3.8) is 0 Å². The van der Waals surface area contributed by atoms with Gasteiger partial charge in [-0.05, 0) is 48.7 Å². The summed E-state index contributed by atoms with van der Waals surface area (Å²) in [5.74, 6) is 1.22. The van der Waals surface area contributed by atoms with Crippen molar-refractivity contribution in [1.29, 1.82) is 0 Å². The van der Waals surface area contributed by atoms with Gasteiger partial charge in [-0.2, -0.15) is 0 Å². The topological polar surface area (TPSA) is 65.6 Å². The van der Waals surface area contributed by atoms with Crippen molar-refractivity contribution >= 4 is 11.8 Å². The van der Waals surface area contributed by atoms with Gasteiger partial charge < -0.3 is 19.5 Å². The summed E-state index contributed by atoms with van der Waals surface area (Å²) in [5.41, 5.74) is 1.24. The normalized spacial score (nSPS) is 14.9. The zero-order valence-corrected chi connectivity index (χ0v) is 16.0. The number of nitrogens with one attached hydrogen (secondary N) is 1. The lowest BCUT2D eigenvalue weighted by molar-refractivity contribution is 0.0716. The lowest BCUT2D eigenvalue weighted by Crippen LogP contribution is -2.37. The molecule has 27 heavy (non-hydrogen) atoms. The average Bonchev–Trinajstić information content (AvgIpc) is 3.10. The van der Waals surface area contributed by atoms with Gasteiger partial charge in [-0.3, -0.25) is 9.59 Å². The van der Waals surface area contributed by atoms with Crippen LogP contribution in [0.1, 0.15) is 41.1 Å². The fraction of sp³-hybridized carbons (Fsp3) is 0.429. The lowest BCUT2D eigenvalue weighted by Gasteiger charge is -2.22. The third-order valence-electron chi connectivity index (χ3n) is 4.58. The number of amides is 2. The van der Waals surface area contributed by atoms with Crippen molar-refractivity contribution in [3.8, 4) is 5.75 Å². The predicted molar refractivity (Wildman–Crippen MR) is 104 cm³/mol. The van der Waals surface area contributed by atoms with E-state index in [4.69, 9.17) is 4.74 Å². The maximum Gasteiger partial charge on any atom is 0.270 e. The number of ether oxygens (including phenoxy) is 1. The van der Waals surface area contributed by atoms with Gasteiger partial charge in [0.15, 0.2) is 0 Å². The van der Waals surface area contributed by atoms with E-state index >= 15 is 0 Å². The van der Waals surface area contributed by atoms with Crippen LogP contribution in [0, 0.1) is 5.92 Å². The molecule has 6 nitrogen and oxygen atoms in total. The first-order chi connectivity index (χ1) is 13.0. The van der Waals surface area contributed by atoms with Crippen LogP contribution < -0.4 is 4.74 Å². The minimum Gasteiger partial charge on any atom is -0.493 e. The van der Waals surface area contributed by atoms with Crippen LogP contribution in [0.2, 0.25) is 0 Å². The molecule has 6 heteroatoms. The van der Waals surface area contributed by atoms with Gasteiger partial charge in [0.05, 0.1) is 6.61 Å². The molecular formula is C21H27N3O3. The zero-order valence-electron chi connectivity index (χ0n) is 16.0. The molecule has 1 N–H and O–H groups in total. The highest BCUT2D eigenvalue weighted by Crippen LogP contribution is 2.16. The molecule has 0 radical (unpaired) electrons. The first kappa shape index (κ1) is 19.0. The largest absolute Gasteiger partial charge is 0.493 e. The van der Waals surface area contributed by atoms with Gasteiger partial charge in [0.2, 0.25) is 0 Å². The third-order valence-corrected chi connectivity index (χ3v) is 4.58. The smallest absolute Gasteiger partial charge is 0.270 e. The van der Waals surface area contributed by atoms with Gasteiger partial charge in [0, 0.05) is 37.9 Å². The Hall–Kier alpha value is -2.76. The molecule has 2 heterocycles. The van der Waals surface area contributed by atoms with Crippen molar-refractivity contribution in [3.05, 3.63) is 53.9 Å². The van der Waals surface area contributed by atoms with Crippen molar-refractivity contribution in [2.75, 3.05) is 32.8 Å². The summed E-state index contributed by atoms with van der Waals surface area (Å²) in [6.45, 7) is 7.24. The van der Waals surface area contributed by atoms with Gasteiger partial charge in [-0.25, -0.2) is 0 Å². The summed E-state index contributed by atoms with van der Waals surface area (Å²) in [7, 11) is 0.